The van der Waals surface area contributed by atoms with E-state index < -0.39 is 47.5 Å². The van der Waals surface area contributed by atoms with Crippen LogP contribution in [-0.2, 0) is 14.4 Å². The van der Waals surface area contributed by atoms with E-state index in [4.69, 9.17) is 5.73 Å². The number of carbonyl (C=O) groups is 3. The van der Waals surface area contributed by atoms with Crippen molar-refractivity contribution in [1.29, 1.82) is 0 Å². The van der Waals surface area contributed by atoms with Gasteiger partial charge < -0.3 is 16.2 Å². The summed E-state index contributed by atoms with van der Waals surface area (Å²) in [5, 5.41) is 13.4. The number of rotatable bonds is 5. The molecule has 0 unspecified atom stereocenters. The molecule has 2 aromatic rings. The van der Waals surface area contributed by atoms with Crippen molar-refractivity contribution in [3.8, 4) is 0 Å². The van der Waals surface area contributed by atoms with Crippen molar-refractivity contribution in [3.63, 3.8) is 0 Å². The molecule has 4 N–H and O–H groups in total. The molecular formula is C23H25F2N3O4. The Morgan fingerprint density at radius 1 is 1.09 bits per heavy atom. The van der Waals surface area contributed by atoms with Crippen LogP contribution >= 0.6 is 0 Å². The van der Waals surface area contributed by atoms with Gasteiger partial charge in [-0.05, 0) is 49.4 Å². The van der Waals surface area contributed by atoms with Gasteiger partial charge in [0.2, 0.25) is 11.8 Å². The second-order valence-corrected chi connectivity index (χ2v) is 7.86. The Hall–Kier alpha value is -3.17. The molecule has 1 fully saturated rings. The lowest BCUT2D eigenvalue weighted by molar-refractivity contribution is -0.158. The van der Waals surface area contributed by atoms with Gasteiger partial charge in [0.15, 0.2) is 6.10 Å². The van der Waals surface area contributed by atoms with E-state index in [0.717, 1.165) is 17.7 Å². The molecular weight excluding hydrogens is 420 g/mol. The second kappa shape index (κ2) is 9.97. The van der Waals surface area contributed by atoms with Gasteiger partial charge in [-0.1, -0.05) is 30.3 Å². The van der Waals surface area contributed by atoms with Gasteiger partial charge in [0.25, 0.3) is 5.91 Å². The lowest BCUT2D eigenvalue weighted by Gasteiger charge is -2.31. The number of halogens is 2. The summed E-state index contributed by atoms with van der Waals surface area (Å²) in [6.45, 7) is 1.35. The highest BCUT2D eigenvalue weighted by Crippen LogP contribution is 2.27. The van der Waals surface area contributed by atoms with Crippen LogP contribution in [0.3, 0.4) is 0 Å². The van der Waals surface area contributed by atoms with Crippen LogP contribution in [-0.4, -0.2) is 39.8 Å². The molecule has 2 aromatic carbocycles. The zero-order valence-electron chi connectivity index (χ0n) is 17.5. The third kappa shape index (κ3) is 5.17. The Morgan fingerprint density at radius 2 is 1.72 bits per heavy atom. The van der Waals surface area contributed by atoms with E-state index in [-0.39, 0.29) is 18.0 Å². The van der Waals surface area contributed by atoms with Crippen molar-refractivity contribution in [1.82, 2.24) is 10.2 Å². The van der Waals surface area contributed by atoms with Crippen molar-refractivity contribution in [2.24, 2.45) is 5.73 Å². The largest absolute Gasteiger partial charge is 0.378 e. The van der Waals surface area contributed by atoms with Gasteiger partial charge >= 0.3 is 0 Å². The van der Waals surface area contributed by atoms with E-state index in [1.807, 2.05) is 30.3 Å². The second-order valence-electron chi connectivity index (χ2n) is 7.86. The van der Waals surface area contributed by atoms with Crippen molar-refractivity contribution in [2.75, 3.05) is 0 Å². The average Bonchev–Trinajstić information content (AvgIpc) is 2.95. The molecule has 32 heavy (non-hydrogen) atoms. The van der Waals surface area contributed by atoms with Gasteiger partial charge in [-0.25, -0.2) is 8.78 Å². The maximum atomic E-state index is 13.6. The molecule has 170 valence electrons. The molecule has 0 aliphatic carbocycles. The number of aliphatic hydroxyl groups is 1. The fourth-order valence-electron chi connectivity index (χ4n) is 3.81. The van der Waals surface area contributed by atoms with Crippen LogP contribution in [0, 0.1) is 11.6 Å². The lowest BCUT2D eigenvalue weighted by Crippen LogP contribution is -2.56. The van der Waals surface area contributed by atoms with Gasteiger partial charge in [-0.2, -0.15) is 0 Å². The van der Waals surface area contributed by atoms with Crippen LogP contribution in [0.2, 0.25) is 0 Å². The predicted octanol–water partition coefficient (Wildman–Crippen LogP) is 2.11. The van der Waals surface area contributed by atoms with Crippen molar-refractivity contribution in [3.05, 3.63) is 71.3 Å². The monoisotopic (exact) mass is 445 g/mol. The molecule has 0 spiro atoms. The highest BCUT2D eigenvalue weighted by Gasteiger charge is 2.40. The van der Waals surface area contributed by atoms with Crippen LogP contribution < -0.4 is 11.1 Å². The van der Waals surface area contributed by atoms with Gasteiger partial charge in [0.1, 0.15) is 17.7 Å². The third-order valence-electron chi connectivity index (χ3n) is 5.40. The minimum Gasteiger partial charge on any atom is -0.378 e. The van der Waals surface area contributed by atoms with Gasteiger partial charge in [0.05, 0.1) is 12.1 Å². The summed E-state index contributed by atoms with van der Waals surface area (Å²) in [7, 11) is 0. The quantitative estimate of drug-likeness (QED) is 0.653. The molecule has 0 saturated carbocycles. The number of aliphatic hydroxyl groups excluding tert-OH is 1. The van der Waals surface area contributed by atoms with Gasteiger partial charge in [0, 0.05) is 6.07 Å². The summed E-state index contributed by atoms with van der Waals surface area (Å²) < 4.78 is 27.2. The third-order valence-corrected chi connectivity index (χ3v) is 5.40. The zero-order chi connectivity index (χ0) is 23.4. The van der Waals surface area contributed by atoms with Gasteiger partial charge in [-0.15, -0.1) is 0 Å². The highest BCUT2D eigenvalue weighted by molar-refractivity contribution is 6.03. The summed E-state index contributed by atoms with van der Waals surface area (Å²) in [6.07, 6.45) is -0.810. The van der Waals surface area contributed by atoms with Gasteiger partial charge in [-0.3, -0.25) is 19.3 Å². The smallest absolute Gasteiger partial charge is 0.263 e. The maximum Gasteiger partial charge on any atom is 0.263 e. The van der Waals surface area contributed by atoms with Crippen LogP contribution in [0.25, 0.3) is 0 Å². The molecule has 9 heteroatoms. The fourth-order valence-corrected chi connectivity index (χ4v) is 3.81. The van der Waals surface area contributed by atoms with E-state index in [1.54, 1.807) is 0 Å². The van der Waals surface area contributed by atoms with E-state index >= 15 is 0 Å². The Kier molecular flexibility index (Phi) is 7.32. The SMILES string of the molecule is C[C@H](N)C(=O)N(C(=O)[C@@H](O)c1cc(F)cc(F)c1)[C@H]1CCC[C@H](c2ccccc2)NC1=O. The van der Waals surface area contributed by atoms with Crippen LogP contribution in [0.4, 0.5) is 8.78 Å². The molecule has 7 nitrogen and oxygen atoms in total. The summed E-state index contributed by atoms with van der Waals surface area (Å²) in [6, 6.07) is 8.76. The van der Waals surface area contributed by atoms with E-state index in [0.29, 0.717) is 23.8 Å². The maximum absolute atomic E-state index is 13.6. The first-order chi connectivity index (χ1) is 15.2. The van der Waals surface area contributed by atoms with E-state index in [2.05, 4.69) is 5.32 Å². The number of hydrogen-bond donors (Lipinski definition) is 3. The molecule has 1 aliphatic heterocycles. The first kappa shape index (κ1) is 23.5. The normalized spacial score (nSPS) is 20.6. The van der Waals surface area contributed by atoms with Crippen LogP contribution in [0.5, 0.6) is 0 Å². The number of benzene rings is 2. The highest BCUT2D eigenvalue weighted by atomic mass is 19.1. The van der Waals surface area contributed by atoms with E-state index in [9.17, 15) is 28.3 Å². The number of carbonyl (C=O) groups excluding carboxylic acids is 3. The Bertz CT molecular complexity index is 980. The first-order valence-corrected chi connectivity index (χ1v) is 10.3. The first-order valence-electron chi connectivity index (χ1n) is 10.3. The van der Waals surface area contributed by atoms with Crippen LogP contribution in [0.15, 0.2) is 48.5 Å². The Morgan fingerprint density at radius 3 is 2.31 bits per heavy atom. The summed E-state index contributed by atoms with van der Waals surface area (Å²) >= 11 is 0. The molecule has 1 heterocycles. The molecule has 0 aromatic heterocycles. The summed E-state index contributed by atoms with van der Waals surface area (Å²) in [5.41, 5.74) is 6.21. The molecule has 3 amide bonds. The van der Waals surface area contributed by atoms with E-state index in [1.165, 1.54) is 6.92 Å². The summed E-state index contributed by atoms with van der Waals surface area (Å²) in [4.78, 5) is 39.6. The topological polar surface area (TPSA) is 113 Å². The minimum atomic E-state index is -2.05. The van der Waals surface area contributed by atoms with Crippen molar-refractivity contribution in [2.45, 2.75) is 50.4 Å². The fraction of sp³-hybridized carbons (Fsp3) is 0.348. The average molecular weight is 445 g/mol. The van der Waals surface area contributed by atoms with Crippen molar-refractivity contribution < 1.29 is 28.3 Å². The molecule has 1 aliphatic rings. The molecule has 0 bridgehead atoms. The lowest BCUT2D eigenvalue weighted by atomic mass is 10.0. The number of nitrogens with one attached hydrogen (secondary N) is 1. The van der Waals surface area contributed by atoms with Crippen molar-refractivity contribution >= 4 is 17.7 Å². The summed E-state index contributed by atoms with van der Waals surface area (Å²) in [5.74, 6) is -4.60. The number of imide groups is 1. The standard InChI is InChI=1S/C23H25F2N3O4/c1-13(26)22(31)28(23(32)20(29)15-10-16(24)12-17(25)11-15)19-9-5-8-18(27-21(19)30)14-6-3-2-4-7-14/h2-4,6-7,10-13,18-20,29H,5,8-9,26H2,1H3,(H,27,30)/t13-,18+,19-,20-/m0/s1. The Balaban J connectivity index is 1.90. The Labute approximate surface area is 184 Å². The molecule has 4 atom stereocenters. The minimum absolute atomic E-state index is 0.156. The number of hydrogen-bond acceptors (Lipinski definition) is 5. The molecule has 1 saturated heterocycles. The molecule has 0 radical (unpaired) electrons. The number of nitrogens with zero attached hydrogens (tertiary/aromatic N) is 1. The number of amides is 3. The molecule has 3 rings (SSSR count). The van der Waals surface area contributed by atoms with Crippen LogP contribution in [0.1, 0.15) is 49.5 Å². The zero-order valence-corrected chi connectivity index (χ0v) is 17.5. The predicted molar refractivity (Wildman–Crippen MR) is 112 cm³/mol. The number of nitrogens with two attached hydrogens (primary N) is 1.